The number of nitrogens with one attached hydrogen (secondary N) is 1. The highest BCUT2D eigenvalue weighted by molar-refractivity contribution is 5.99. The minimum absolute atomic E-state index is 0.225. The smallest absolute Gasteiger partial charge is 0.156 e. The number of hydrogen-bond donors (Lipinski definition) is 1. The molecule has 188 valence electrons. The van der Waals surface area contributed by atoms with E-state index >= 15 is 4.39 Å². The zero-order chi connectivity index (χ0) is 25.6. The molecule has 0 amide bonds. The van der Waals surface area contributed by atoms with Crippen LogP contribution in [0.4, 0.5) is 15.9 Å². The van der Waals surface area contributed by atoms with Gasteiger partial charge in [0, 0.05) is 30.4 Å². The molecule has 9 nitrogen and oxygen atoms in total. The zero-order valence-electron chi connectivity index (χ0n) is 20.8. The van der Waals surface area contributed by atoms with Gasteiger partial charge in [-0.3, -0.25) is 14.6 Å². The Morgan fingerprint density at radius 2 is 1.97 bits per heavy atom. The van der Waals surface area contributed by atoms with E-state index in [2.05, 4.69) is 30.3 Å². The number of benzene rings is 2. The molecule has 1 N–H and O–H groups in total. The maximum Gasteiger partial charge on any atom is 0.156 e. The number of anilines is 2. The third kappa shape index (κ3) is 4.13. The van der Waals surface area contributed by atoms with Crippen molar-refractivity contribution in [3.8, 4) is 16.9 Å². The second-order valence-electron chi connectivity index (χ2n) is 9.52. The largest absolute Gasteiger partial charge is 0.491 e. The lowest BCUT2D eigenvalue weighted by atomic mass is 9.97. The summed E-state index contributed by atoms with van der Waals surface area (Å²) in [5.41, 5.74) is 3.16. The lowest BCUT2D eigenvalue weighted by molar-refractivity contribution is -0.140. The normalized spacial score (nSPS) is 14.7. The monoisotopic (exact) mass is 499 g/mol. The third-order valence-corrected chi connectivity index (χ3v) is 6.90. The Morgan fingerprint density at radius 3 is 2.70 bits per heavy atom. The van der Waals surface area contributed by atoms with E-state index in [1.54, 1.807) is 41.3 Å². The predicted octanol–water partition coefficient (Wildman–Crippen LogP) is 4.17. The highest BCUT2D eigenvalue weighted by Gasteiger charge is 2.42. The van der Waals surface area contributed by atoms with Crippen LogP contribution < -0.4 is 10.1 Å². The van der Waals surface area contributed by atoms with Gasteiger partial charge in [-0.15, -0.1) is 0 Å². The summed E-state index contributed by atoms with van der Waals surface area (Å²) >= 11 is 0. The van der Waals surface area contributed by atoms with Crippen molar-refractivity contribution in [3.63, 3.8) is 0 Å². The molecule has 3 aromatic heterocycles. The van der Waals surface area contributed by atoms with Gasteiger partial charge in [0.15, 0.2) is 5.82 Å². The Morgan fingerprint density at radius 1 is 1.11 bits per heavy atom. The maximum absolute atomic E-state index is 15.4. The number of ether oxygens (including phenoxy) is 2. The van der Waals surface area contributed by atoms with E-state index in [1.807, 2.05) is 39.5 Å². The Kier molecular flexibility index (Phi) is 5.69. The fraction of sp³-hybridized carbons (Fsp3) is 0.259. The Balaban J connectivity index is 1.46. The van der Waals surface area contributed by atoms with Crippen LogP contribution in [0.5, 0.6) is 5.75 Å². The van der Waals surface area contributed by atoms with Crippen molar-refractivity contribution in [2.75, 3.05) is 39.2 Å². The Labute approximate surface area is 212 Å². The van der Waals surface area contributed by atoms with Crippen molar-refractivity contribution in [1.29, 1.82) is 0 Å². The van der Waals surface area contributed by atoms with Crippen molar-refractivity contribution in [3.05, 3.63) is 67.1 Å². The summed E-state index contributed by atoms with van der Waals surface area (Å²) < 4.78 is 29.1. The van der Waals surface area contributed by atoms with E-state index in [9.17, 15) is 0 Å². The van der Waals surface area contributed by atoms with Gasteiger partial charge in [-0.05, 0) is 56.1 Å². The molecule has 10 heteroatoms. The van der Waals surface area contributed by atoms with E-state index in [0.29, 0.717) is 58.9 Å². The van der Waals surface area contributed by atoms with Crippen molar-refractivity contribution >= 4 is 33.3 Å². The van der Waals surface area contributed by atoms with Crippen LogP contribution in [0.3, 0.4) is 0 Å². The average Bonchev–Trinajstić information content (AvgIpc) is 3.31. The predicted molar refractivity (Wildman–Crippen MR) is 139 cm³/mol. The second kappa shape index (κ2) is 9.06. The highest BCUT2D eigenvalue weighted by Crippen LogP contribution is 2.38. The van der Waals surface area contributed by atoms with Gasteiger partial charge in [0.2, 0.25) is 0 Å². The number of aromatic nitrogens is 5. The topological polar surface area (TPSA) is 90.2 Å². The molecule has 1 saturated heterocycles. The van der Waals surface area contributed by atoms with Crippen LogP contribution in [0.15, 0.2) is 61.3 Å². The van der Waals surface area contributed by atoms with Crippen molar-refractivity contribution < 1.29 is 13.9 Å². The second-order valence-corrected chi connectivity index (χ2v) is 9.52. The minimum Gasteiger partial charge on any atom is -0.491 e. The molecule has 0 unspecified atom stereocenters. The number of aryl methyl sites for hydroxylation is 1. The molecule has 1 aliphatic rings. The number of fused-ring (bicyclic) bond motifs is 2. The van der Waals surface area contributed by atoms with Gasteiger partial charge >= 0.3 is 0 Å². The summed E-state index contributed by atoms with van der Waals surface area (Å²) in [6, 6.07) is 10.8. The molecule has 1 aliphatic heterocycles. The molecule has 0 atom stereocenters. The standard InChI is InChI=1S/C27H26FN7O2/c1-34(2)27(13-36-14-27)15-37-23-10-17(18-11-32-35(3)12-18)9-22-24(23)26(31-16-30-22)33-21-7-6-20-19(25(21)28)5-4-8-29-20/h4-12,16H,13-15H2,1-3H3,(H,30,31,33). The molecule has 4 heterocycles. The Bertz CT molecular complexity index is 1610. The molecule has 1 fully saturated rings. The average molecular weight is 500 g/mol. The summed E-state index contributed by atoms with van der Waals surface area (Å²) in [6.45, 7) is 1.58. The molecule has 0 aliphatic carbocycles. The van der Waals surface area contributed by atoms with E-state index in [-0.39, 0.29) is 5.54 Å². The van der Waals surface area contributed by atoms with Crippen LogP contribution in [0, 0.1) is 5.82 Å². The van der Waals surface area contributed by atoms with Gasteiger partial charge in [-0.1, -0.05) is 0 Å². The van der Waals surface area contributed by atoms with Gasteiger partial charge in [-0.2, -0.15) is 5.10 Å². The summed E-state index contributed by atoms with van der Waals surface area (Å²) in [5.74, 6) is 0.643. The number of likely N-dealkylation sites (N-methyl/N-ethyl adjacent to an activating group) is 1. The van der Waals surface area contributed by atoms with Gasteiger partial charge in [0.05, 0.1) is 41.5 Å². The maximum atomic E-state index is 15.4. The summed E-state index contributed by atoms with van der Waals surface area (Å²) in [7, 11) is 5.91. The first-order chi connectivity index (χ1) is 17.9. The van der Waals surface area contributed by atoms with Crippen LogP contribution in [-0.4, -0.2) is 69.1 Å². The SMILES string of the molecule is CN(C)C1(COc2cc(-c3cnn(C)c3)cc3ncnc(Nc4ccc5ncccc5c4F)c23)COC1. The summed E-state index contributed by atoms with van der Waals surface area (Å²) in [4.78, 5) is 15.4. The lowest BCUT2D eigenvalue weighted by Gasteiger charge is -2.46. The Hall–Kier alpha value is -4.15. The van der Waals surface area contributed by atoms with Crippen molar-refractivity contribution in [1.82, 2.24) is 29.6 Å². The summed E-state index contributed by atoms with van der Waals surface area (Å²) in [5, 5.41) is 8.57. The van der Waals surface area contributed by atoms with Crippen LogP contribution >= 0.6 is 0 Å². The molecular weight excluding hydrogens is 473 g/mol. The van der Waals surface area contributed by atoms with E-state index in [1.165, 1.54) is 6.33 Å². The zero-order valence-corrected chi connectivity index (χ0v) is 20.8. The number of hydrogen-bond acceptors (Lipinski definition) is 8. The lowest BCUT2D eigenvalue weighted by Crippen LogP contribution is -2.63. The molecule has 0 radical (unpaired) electrons. The molecule has 2 aromatic carbocycles. The molecule has 37 heavy (non-hydrogen) atoms. The first-order valence-corrected chi connectivity index (χ1v) is 11.9. The molecular formula is C27H26FN7O2. The van der Waals surface area contributed by atoms with Crippen molar-refractivity contribution in [2.24, 2.45) is 7.05 Å². The van der Waals surface area contributed by atoms with E-state index in [4.69, 9.17) is 9.47 Å². The van der Waals surface area contributed by atoms with Crippen molar-refractivity contribution in [2.45, 2.75) is 5.54 Å². The van der Waals surface area contributed by atoms with Gasteiger partial charge < -0.3 is 14.8 Å². The van der Waals surface area contributed by atoms with Gasteiger partial charge in [0.1, 0.15) is 30.0 Å². The van der Waals surface area contributed by atoms with Gasteiger partial charge in [-0.25, -0.2) is 14.4 Å². The minimum atomic E-state index is -0.398. The van der Waals surface area contributed by atoms with Gasteiger partial charge in [0.25, 0.3) is 0 Å². The number of rotatable bonds is 7. The van der Waals surface area contributed by atoms with E-state index < -0.39 is 5.82 Å². The fourth-order valence-corrected chi connectivity index (χ4v) is 4.46. The third-order valence-electron chi connectivity index (χ3n) is 6.90. The summed E-state index contributed by atoms with van der Waals surface area (Å²) in [6.07, 6.45) is 6.84. The molecule has 5 aromatic rings. The van der Waals surface area contributed by atoms with Crippen LogP contribution in [0.2, 0.25) is 0 Å². The molecule has 0 bridgehead atoms. The molecule has 0 spiro atoms. The molecule has 0 saturated carbocycles. The van der Waals surface area contributed by atoms with Crippen LogP contribution in [0.25, 0.3) is 32.9 Å². The highest BCUT2D eigenvalue weighted by atomic mass is 19.1. The number of halogens is 1. The first kappa shape index (κ1) is 23.3. The fourth-order valence-electron chi connectivity index (χ4n) is 4.46. The number of pyridine rings is 1. The number of nitrogens with zero attached hydrogens (tertiary/aromatic N) is 6. The molecule has 6 rings (SSSR count). The van der Waals surface area contributed by atoms with E-state index in [0.717, 1.165) is 11.1 Å². The quantitative estimate of drug-likeness (QED) is 0.357. The van der Waals surface area contributed by atoms with Crippen LogP contribution in [0.1, 0.15) is 0 Å². The first-order valence-electron chi connectivity index (χ1n) is 11.9. The van der Waals surface area contributed by atoms with Crippen LogP contribution in [-0.2, 0) is 11.8 Å².